The second-order valence-corrected chi connectivity index (χ2v) is 3.97. The third kappa shape index (κ3) is 2.18. The molecular formula is C10H13N9. The third-order valence-corrected chi connectivity index (χ3v) is 2.58. The Balaban J connectivity index is 1.88. The minimum absolute atomic E-state index is 0.463. The maximum Gasteiger partial charge on any atom is 0.180 e. The van der Waals surface area contributed by atoms with Gasteiger partial charge in [0.2, 0.25) is 0 Å². The van der Waals surface area contributed by atoms with Crippen molar-refractivity contribution in [3.05, 3.63) is 30.7 Å². The first kappa shape index (κ1) is 11.4. The molecule has 0 aliphatic heterocycles. The number of anilines is 2. The number of nitrogens with zero attached hydrogens (tertiary/aromatic N) is 6. The topological polar surface area (TPSA) is 111 Å². The minimum atomic E-state index is 0.463. The van der Waals surface area contributed by atoms with E-state index in [1.807, 2.05) is 17.6 Å². The number of nitrogen functional groups attached to an aromatic ring is 1. The SMILES string of the molecule is Cn1cnc(CNc2nc(NN)cn3ccnc23)n1. The molecule has 3 aromatic heterocycles. The summed E-state index contributed by atoms with van der Waals surface area (Å²) in [5, 5.41) is 7.33. The van der Waals surface area contributed by atoms with Gasteiger partial charge in [-0.15, -0.1) is 0 Å². The first-order chi connectivity index (χ1) is 9.26. The number of hydrazine groups is 1. The second-order valence-electron chi connectivity index (χ2n) is 3.97. The van der Waals surface area contributed by atoms with Crippen LogP contribution in [0.1, 0.15) is 5.82 Å². The van der Waals surface area contributed by atoms with Gasteiger partial charge in [-0.2, -0.15) is 5.10 Å². The van der Waals surface area contributed by atoms with Crippen LogP contribution in [0, 0.1) is 0 Å². The molecular weight excluding hydrogens is 246 g/mol. The van der Waals surface area contributed by atoms with E-state index in [1.54, 1.807) is 23.4 Å². The van der Waals surface area contributed by atoms with Gasteiger partial charge in [0.1, 0.15) is 6.33 Å². The zero-order valence-electron chi connectivity index (χ0n) is 10.3. The van der Waals surface area contributed by atoms with Crippen molar-refractivity contribution in [2.75, 3.05) is 10.7 Å². The van der Waals surface area contributed by atoms with Gasteiger partial charge in [0.25, 0.3) is 0 Å². The predicted molar refractivity (Wildman–Crippen MR) is 69.1 cm³/mol. The highest BCUT2D eigenvalue weighted by Gasteiger charge is 2.07. The number of rotatable bonds is 4. The molecule has 98 valence electrons. The molecule has 0 fully saturated rings. The zero-order valence-corrected chi connectivity index (χ0v) is 10.3. The van der Waals surface area contributed by atoms with E-state index in [9.17, 15) is 0 Å². The Labute approximate surface area is 108 Å². The number of aryl methyl sites for hydroxylation is 1. The molecule has 3 heterocycles. The molecule has 19 heavy (non-hydrogen) atoms. The van der Waals surface area contributed by atoms with Crippen LogP contribution in [0.2, 0.25) is 0 Å². The summed E-state index contributed by atoms with van der Waals surface area (Å²) in [5.74, 6) is 7.23. The molecule has 3 rings (SSSR count). The number of nitrogens with one attached hydrogen (secondary N) is 2. The Hall–Kier alpha value is -2.68. The molecule has 0 amide bonds. The highest BCUT2D eigenvalue weighted by atomic mass is 15.3. The lowest BCUT2D eigenvalue weighted by atomic mass is 10.5. The van der Waals surface area contributed by atoms with Gasteiger partial charge in [0.15, 0.2) is 23.1 Å². The van der Waals surface area contributed by atoms with Crippen LogP contribution in [0.4, 0.5) is 11.6 Å². The maximum atomic E-state index is 5.39. The van der Waals surface area contributed by atoms with E-state index >= 15 is 0 Å². The zero-order chi connectivity index (χ0) is 13.2. The van der Waals surface area contributed by atoms with Crippen molar-refractivity contribution in [3.63, 3.8) is 0 Å². The number of fused-ring (bicyclic) bond motifs is 1. The van der Waals surface area contributed by atoms with Crippen molar-refractivity contribution in [2.45, 2.75) is 6.54 Å². The normalized spacial score (nSPS) is 10.8. The van der Waals surface area contributed by atoms with Gasteiger partial charge in [-0.3, -0.25) is 4.68 Å². The first-order valence-corrected chi connectivity index (χ1v) is 5.65. The molecule has 3 aromatic rings. The first-order valence-electron chi connectivity index (χ1n) is 5.65. The number of aromatic nitrogens is 6. The van der Waals surface area contributed by atoms with Crippen LogP contribution < -0.4 is 16.6 Å². The largest absolute Gasteiger partial charge is 0.360 e. The lowest BCUT2D eigenvalue weighted by Crippen LogP contribution is -2.12. The van der Waals surface area contributed by atoms with E-state index in [2.05, 4.69) is 30.8 Å². The minimum Gasteiger partial charge on any atom is -0.360 e. The molecule has 0 bridgehead atoms. The fourth-order valence-corrected chi connectivity index (χ4v) is 1.75. The molecule has 0 saturated carbocycles. The number of hydrogen-bond donors (Lipinski definition) is 3. The molecule has 0 aromatic carbocycles. The van der Waals surface area contributed by atoms with E-state index < -0.39 is 0 Å². The van der Waals surface area contributed by atoms with Gasteiger partial charge in [-0.25, -0.2) is 20.8 Å². The maximum absolute atomic E-state index is 5.39. The summed E-state index contributed by atoms with van der Waals surface area (Å²) in [4.78, 5) is 12.7. The summed E-state index contributed by atoms with van der Waals surface area (Å²) in [6, 6.07) is 0. The third-order valence-electron chi connectivity index (χ3n) is 2.58. The Morgan fingerprint density at radius 1 is 1.37 bits per heavy atom. The molecule has 0 unspecified atom stereocenters. The Morgan fingerprint density at radius 3 is 3.00 bits per heavy atom. The average molecular weight is 259 g/mol. The Bertz CT molecular complexity index is 698. The summed E-state index contributed by atoms with van der Waals surface area (Å²) < 4.78 is 3.48. The molecule has 0 aliphatic carbocycles. The molecule has 4 N–H and O–H groups in total. The van der Waals surface area contributed by atoms with Crippen molar-refractivity contribution in [2.24, 2.45) is 12.9 Å². The molecule has 0 atom stereocenters. The van der Waals surface area contributed by atoms with Crippen LogP contribution in [-0.4, -0.2) is 29.1 Å². The van der Waals surface area contributed by atoms with Gasteiger partial charge in [-0.05, 0) is 0 Å². The fourth-order valence-electron chi connectivity index (χ4n) is 1.75. The van der Waals surface area contributed by atoms with Crippen molar-refractivity contribution >= 4 is 17.3 Å². The number of imidazole rings is 1. The van der Waals surface area contributed by atoms with Crippen LogP contribution in [0.5, 0.6) is 0 Å². The van der Waals surface area contributed by atoms with E-state index in [4.69, 9.17) is 5.84 Å². The average Bonchev–Trinajstić information content (AvgIpc) is 3.04. The Morgan fingerprint density at radius 2 is 2.26 bits per heavy atom. The number of nitrogens with two attached hydrogens (primary N) is 1. The predicted octanol–water partition coefficient (Wildman–Crippen LogP) is -0.245. The summed E-state index contributed by atoms with van der Waals surface area (Å²) >= 11 is 0. The monoisotopic (exact) mass is 259 g/mol. The van der Waals surface area contributed by atoms with E-state index in [0.717, 1.165) is 5.65 Å². The number of hydrogen-bond acceptors (Lipinski definition) is 7. The van der Waals surface area contributed by atoms with Gasteiger partial charge >= 0.3 is 0 Å². The van der Waals surface area contributed by atoms with Gasteiger partial charge in [0, 0.05) is 19.4 Å². The van der Waals surface area contributed by atoms with Crippen LogP contribution in [0.25, 0.3) is 5.65 Å². The fraction of sp³-hybridized carbons (Fsp3) is 0.200. The quantitative estimate of drug-likeness (QED) is 0.438. The smallest absolute Gasteiger partial charge is 0.180 e. The summed E-state index contributed by atoms with van der Waals surface area (Å²) in [6.07, 6.45) is 6.92. The molecule has 9 heteroatoms. The highest BCUT2D eigenvalue weighted by molar-refractivity contribution is 5.65. The molecule has 0 spiro atoms. The summed E-state index contributed by atoms with van der Waals surface area (Å²) in [5.41, 5.74) is 3.23. The highest BCUT2D eigenvalue weighted by Crippen LogP contribution is 2.16. The van der Waals surface area contributed by atoms with Gasteiger partial charge in [0.05, 0.1) is 12.7 Å². The molecule has 0 aliphatic rings. The van der Waals surface area contributed by atoms with E-state index in [-0.39, 0.29) is 0 Å². The van der Waals surface area contributed by atoms with E-state index in [1.165, 1.54) is 0 Å². The standard InChI is InChI=1S/C10H13N9/c1-18-6-14-7(17-18)4-13-9-10-12-2-3-19(10)5-8(15-9)16-11/h2-3,5-6,16H,4,11H2,1H3,(H,13,15). The van der Waals surface area contributed by atoms with Crippen LogP contribution in [-0.2, 0) is 13.6 Å². The van der Waals surface area contributed by atoms with Crippen LogP contribution >= 0.6 is 0 Å². The van der Waals surface area contributed by atoms with Crippen molar-refractivity contribution < 1.29 is 0 Å². The second kappa shape index (κ2) is 4.53. The van der Waals surface area contributed by atoms with Crippen molar-refractivity contribution in [1.82, 2.24) is 29.1 Å². The van der Waals surface area contributed by atoms with Crippen molar-refractivity contribution in [1.29, 1.82) is 0 Å². The molecule has 0 radical (unpaired) electrons. The van der Waals surface area contributed by atoms with Gasteiger partial charge in [-0.1, -0.05) is 0 Å². The molecule has 9 nitrogen and oxygen atoms in total. The summed E-state index contributed by atoms with van der Waals surface area (Å²) in [6.45, 7) is 0.463. The summed E-state index contributed by atoms with van der Waals surface area (Å²) in [7, 11) is 1.82. The van der Waals surface area contributed by atoms with E-state index in [0.29, 0.717) is 24.0 Å². The van der Waals surface area contributed by atoms with Crippen molar-refractivity contribution in [3.8, 4) is 0 Å². The Kier molecular flexibility index (Phi) is 2.72. The molecule has 0 saturated heterocycles. The lowest BCUT2D eigenvalue weighted by Gasteiger charge is -2.07. The van der Waals surface area contributed by atoms with Crippen LogP contribution in [0.15, 0.2) is 24.9 Å². The van der Waals surface area contributed by atoms with Gasteiger partial charge < -0.3 is 15.1 Å². The van der Waals surface area contributed by atoms with Crippen LogP contribution in [0.3, 0.4) is 0 Å². The lowest BCUT2D eigenvalue weighted by molar-refractivity contribution is 0.747.